The van der Waals surface area contributed by atoms with Crippen molar-refractivity contribution in [3.8, 4) is 0 Å². The summed E-state index contributed by atoms with van der Waals surface area (Å²) in [5.74, 6) is 0.901. The summed E-state index contributed by atoms with van der Waals surface area (Å²) in [6.45, 7) is 6.00. The fraction of sp³-hybridized carbons (Fsp3) is 0.733. The van der Waals surface area contributed by atoms with Crippen molar-refractivity contribution in [1.82, 2.24) is 10.2 Å². The third kappa shape index (κ3) is 3.34. The van der Waals surface area contributed by atoms with Crippen molar-refractivity contribution in [2.24, 2.45) is 5.92 Å². The summed E-state index contributed by atoms with van der Waals surface area (Å²) in [4.78, 5) is 2.71. The highest BCUT2D eigenvalue weighted by Gasteiger charge is 2.31. The zero-order valence-corrected chi connectivity index (χ0v) is 12.1. The van der Waals surface area contributed by atoms with E-state index in [0.29, 0.717) is 6.04 Å². The molecule has 0 amide bonds. The van der Waals surface area contributed by atoms with Crippen LogP contribution in [0.3, 0.4) is 0 Å². The molecule has 0 aromatic carbocycles. The van der Waals surface area contributed by atoms with Crippen LogP contribution in [0.1, 0.15) is 38.2 Å². The number of rotatable bonds is 5. The van der Waals surface area contributed by atoms with Gasteiger partial charge in [-0.15, -0.1) is 0 Å². The number of nitrogens with zero attached hydrogens (tertiary/aromatic N) is 1. The van der Waals surface area contributed by atoms with Gasteiger partial charge in [-0.1, -0.05) is 6.92 Å². The summed E-state index contributed by atoms with van der Waals surface area (Å²) in [6, 6.07) is 3.86. The molecule has 1 aromatic heterocycles. The van der Waals surface area contributed by atoms with Crippen molar-refractivity contribution in [3.63, 3.8) is 0 Å². The van der Waals surface area contributed by atoms with E-state index in [1.807, 2.05) is 11.3 Å². The Morgan fingerprint density at radius 1 is 1.39 bits per heavy atom. The molecule has 1 saturated heterocycles. The maximum atomic E-state index is 3.70. The number of hydrogen-bond acceptors (Lipinski definition) is 3. The summed E-state index contributed by atoms with van der Waals surface area (Å²) in [5.41, 5.74) is 1.50. The van der Waals surface area contributed by atoms with Crippen LogP contribution in [0.2, 0.25) is 0 Å². The Labute approximate surface area is 114 Å². The van der Waals surface area contributed by atoms with Crippen LogP contribution in [0.5, 0.6) is 0 Å². The number of piperidine rings is 1. The van der Waals surface area contributed by atoms with Crippen molar-refractivity contribution >= 4 is 11.3 Å². The fourth-order valence-corrected chi connectivity index (χ4v) is 3.70. The first-order valence-corrected chi connectivity index (χ1v) is 8.24. The Bertz CT molecular complexity index is 359. The summed E-state index contributed by atoms with van der Waals surface area (Å²) >= 11 is 1.82. The Balaban J connectivity index is 1.56. The van der Waals surface area contributed by atoms with E-state index < -0.39 is 0 Å². The summed E-state index contributed by atoms with van der Waals surface area (Å²) < 4.78 is 0. The van der Waals surface area contributed by atoms with Crippen LogP contribution >= 0.6 is 11.3 Å². The SMILES string of the molecule is CC1CCNC(CN(Cc2ccsc2)C2CC2)C1. The Morgan fingerprint density at radius 3 is 2.94 bits per heavy atom. The van der Waals surface area contributed by atoms with E-state index in [4.69, 9.17) is 0 Å². The molecule has 1 saturated carbocycles. The molecule has 2 atom stereocenters. The van der Waals surface area contributed by atoms with Crippen molar-refractivity contribution in [2.45, 2.75) is 51.2 Å². The van der Waals surface area contributed by atoms with Gasteiger partial charge >= 0.3 is 0 Å². The van der Waals surface area contributed by atoms with Crippen molar-refractivity contribution in [3.05, 3.63) is 22.4 Å². The van der Waals surface area contributed by atoms with Gasteiger partial charge in [0.15, 0.2) is 0 Å². The highest BCUT2D eigenvalue weighted by molar-refractivity contribution is 7.07. The van der Waals surface area contributed by atoms with Gasteiger partial charge in [-0.25, -0.2) is 0 Å². The smallest absolute Gasteiger partial charge is 0.0245 e. The molecule has 0 bridgehead atoms. The second-order valence-electron chi connectivity index (χ2n) is 6.07. The number of thiophene rings is 1. The molecule has 2 nitrogen and oxygen atoms in total. The Hall–Kier alpha value is -0.380. The fourth-order valence-electron chi connectivity index (χ4n) is 3.04. The average Bonchev–Trinajstić information content (AvgIpc) is 3.08. The molecular weight excluding hydrogens is 240 g/mol. The van der Waals surface area contributed by atoms with Crippen LogP contribution in [-0.2, 0) is 6.54 Å². The molecule has 2 unspecified atom stereocenters. The van der Waals surface area contributed by atoms with E-state index in [1.165, 1.54) is 44.3 Å². The molecule has 3 rings (SSSR count). The van der Waals surface area contributed by atoms with Gasteiger partial charge in [0, 0.05) is 25.2 Å². The first-order valence-electron chi connectivity index (χ1n) is 7.30. The first-order chi connectivity index (χ1) is 8.81. The molecular formula is C15H24N2S. The highest BCUT2D eigenvalue weighted by atomic mass is 32.1. The molecule has 2 fully saturated rings. The molecule has 3 heteroatoms. The standard InChI is InChI=1S/C15H24N2S/c1-12-4-6-16-14(8-12)10-17(15-2-3-15)9-13-5-7-18-11-13/h5,7,11-12,14-16H,2-4,6,8-10H2,1H3. The van der Waals surface area contributed by atoms with Crippen LogP contribution in [0.25, 0.3) is 0 Å². The second-order valence-corrected chi connectivity index (χ2v) is 6.85. The van der Waals surface area contributed by atoms with Crippen LogP contribution < -0.4 is 5.32 Å². The predicted octanol–water partition coefficient (Wildman–Crippen LogP) is 3.10. The van der Waals surface area contributed by atoms with Crippen LogP contribution in [-0.4, -0.2) is 30.1 Å². The third-order valence-electron chi connectivity index (χ3n) is 4.24. The Morgan fingerprint density at radius 2 is 2.28 bits per heavy atom. The van der Waals surface area contributed by atoms with Gasteiger partial charge in [-0.3, -0.25) is 4.90 Å². The maximum absolute atomic E-state index is 3.70. The van der Waals surface area contributed by atoms with E-state index in [1.54, 1.807) is 0 Å². The number of nitrogens with one attached hydrogen (secondary N) is 1. The van der Waals surface area contributed by atoms with Gasteiger partial charge in [-0.2, -0.15) is 11.3 Å². The van der Waals surface area contributed by atoms with E-state index in [0.717, 1.165) is 18.5 Å². The van der Waals surface area contributed by atoms with E-state index >= 15 is 0 Å². The Kier molecular flexibility index (Phi) is 4.02. The van der Waals surface area contributed by atoms with Gasteiger partial charge in [0.1, 0.15) is 0 Å². The van der Waals surface area contributed by atoms with Gasteiger partial charge in [0.2, 0.25) is 0 Å². The summed E-state index contributed by atoms with van der Waals surface area (Å²) in [6.07, 6.45) is 5.52. The molecule has 18 heavy (non-hydrogen) atoms. The van der Waals surface area contributed by atoms with Crippen molar-refractivity contribution < 1.29 is 0 Å². The lowest BCUT2D eigenvalue weighted by molar-refractivity contribution is 0.192. The highest BCUT2D eigenvalue weighted by Crippen LogP contribution is 2.29. The van der Waals surface area contributed by atoms with E-state index in [9.17, 15) is 0 Å². The predicted molar refractivity (Wildman–Crippen MR) is 77.9 cm³/mol. The van der Waals surface area contributed by atoms with Crippen molar-refractivity contribution in [1.29, 1.82) is 0 Å². The molecule has 0 radical (unpaired) electrons. The van der Waals surface area contributed by atoms with Gasteiger partial charge in [0.05, 0.1) is 0 Å². The molecule has 2 heterocycles. The quantitative estimate of drug-likeness (QED) is 0.879. The first kappa shape index (κ1) is 12.6. The molecule has 1 aliphatic carbocycles. The monoisotopic (exact) mass is 264 g/mol. The minimum atomic E-state index is 0.716. The summed E-state index contributed by atoms with van der Waals surface area (Å²) in [7, 11) is 0. The largest absolute Gasteiger partial charge is 0.313 e. The van der Waals surface area contributed by atoms with Crippen LogP contribution in [0.4, 0.5) is 0 Å². The normalized spacial score (nSPS) is 28.8. The molecule has 2 aliphatic rings. The molecule has 1 N–H and O–H groups in total. The second kappa shape index (κ2) is 5.72. The third-order valence-corrected chi connectivity index (χ3v) is 4.97. The van der Waals surface area contributed by atoms with Crippen LogP contribution in [0.15, 0.2) is 16.8 Å². The van der Waals surface area contributed by atoms with Crippen molar-refractivity contribution in [2.75, 3.05) is 13.1 Å². The van der Waals surface area contributed by atoms with Gasteiger partial charge in [-0.05, 0) is 60.5 Å². The minimum Gasteiger partial charge on any atom is -0.313 e. The molecule has 1 aliphatic heterocycles. The molecule has 1 aromatic rings. The maximum Gasteiger partial charge on any atom is 0.0245 e. The van der Waals surface area contributed by atoms with E-state index in [-0.39, 0.29) is 0 Å². The van der Waals surface area contributed by atoms with Crippen LogP contribution in [0, 0.1) is 5.92 Å². The van der Waals surface area contributed by atoms with Gasteiger partial charge in [0.25, 0.3) is 0 Å². The zero-order valence-electron chi connectivity index (χ0n) is 11.3. The lowest BCUT2D eigenvalue weighted by Crippen LogP contribution is -2.46. The lowest BCUT2D eigenvalue weighted by Gasteiger charge is -2.33. The molecule has 0 spiro atoms. The van der Waals surface area contributed by atoms with E-state index in [2.05, 4.69) is 34.0 Å². The topological polar surface area (TPSA) is 15.3 Å². The number of hydrogen-bond donors (Lipinski definition) is 1. The molecule has 100 valence electrons. The summed E-state index contributed by atoms with van der Waals surface area (Å²) in [5, 5.41) is 8.20. The van der Waals surface area contributed by atoms with Gasteiger partial charge < -0.3 is 5.32 Å². The lowest BCUT2D eigenvalue weighted by atomic mass is 9.94. The minimum absolute atomic E-state index is 0.716. The average molecular weight is 264 g/mol. The zero-order chi connectivity index (χ0) is 12.4.